The maximum atomic E-state index is 11.2. The third-order valence-corrected chi connectivity index (χ3v) is 5.19. The highest BCUT2D eigenvalue weighted by Gasteiger charge is 2.45. The maximum absolute atomic E-state index is 11.2. The molecule has 17 heavy (non-hydrogen) atoms. The molecule has 5 heteroatoms. The van der Waals surface area contributed by atoms with Gasteiger partial charge in [-0.25, -0.2) is 0 Å². The van der Waals surface area contributed by atoms with E-state index in [1.165, 1.54) is 0 Å². The summed E-state index contributed by atoms with van der Waals surface area (Å²) in [5.74, 6) is 0.0745. The van der Waals surface area contributed by atoms with Crippen LogP contribution in [0.25, 0.3) is 0 Å². The highest BCUT2D eigenvalue weighted by molar-refractivity contribution is 7.99. The minimum atomic E-state index is -1.02. The van der Waals surface area contributed by atoms with Crippen LogP contribution in [0.3, 0.4) is 0 Å². The van der Waals surface area contributed by atoms with Gasteiger partial charge in [-0.2, -0.15) is 11.8 Å². The van der Waals surface area contributed by atoms with Crippen LogP contribution in [0.5, 0.6) is 0 Å². The summed E-state index contributed by atoms with van der Waals surface area (Å²) in [4.78, 5) is 11.2. The van der Waals surface area contributed by atoms with Gasteiger partial charge in [0.05, 0.1) is 6.10 Å². The van der Waals surface area contributed by atoms with E-state index in [1.54, 1.807) is 18.7 Å². The Morgan fingerprint density at radius 1 is 1.59 bits per heavy atom. The zero-order chi connectivity index (χ0) is 13.1. The Kier molecular flexibility index (Phi) is 5.28. The molecule has 1 aliphatic rings. The maximum Gasteiger partial charge on any atom is 0.323 e. The van der Waals surface area contributed by atoms with E-state index in [1.807, 2.05) is 6.92 Å². The van der Waals surface area contributed by atoms with Crippen LogP contribution in [0, 0.1) is 5.92 Å². The van der Waals surface area contributed by atoms with Crippen molar-refractivity contribution in [3.63, 3.8) is 0 Å². The molecule has 4 N–H and O–H groups in total. The number of carboxylic acids is 1. The lowest BCUT2D eigenvalue weighted by molar-refractivity contribution is -0.144. The molecular formula is C12H23NO3S. The fourth-order valence-corrected chi connectivity index (χ4v) is 3.39. The molecule has 4 unspecified atom stereocenters. The molecule has 0 heterocycles. The molecule has 1 saturated carbocycles. The van der Waals surface area contributed by atoms with Gasteiger partial charge in [0, 0.05) is 5.25 Å². The molecule has 0 radical (unpaired) electrons. The summed E-state index contributed by atoms with van der Waals surface area (Å²) in [6.07, 6.45) is 2.90. The molecule has 100 valence electrons. The van der Waals surface area contributed by atoms with Gasteiger partial charge >= 0.3 is 5.97 Å². The van der Waals surface area contributed by atoms with Gasteiger partial charge in [0.2, 0.25) is 0 Å². The number of nitrogens with two attached hydrogens (primary N) is 1. The zero-order valence-electron chi connectivity index (χ0n) is 10.6. The molecule has 0 aromatic heterocycles. The largest absolute Gasteiger partial charge is 0.480 e. The Morgan fingerprint density at radius 2 is 2.24 bits per heavy atom. The SMILES string of the molecule is CC(O)C(C)SCCC1CCCC1(N)C(=O)O. The van der Waals surface area contributed by atoms with E-state index in [2.05, 4.69) is 0 Å². The first-order valence-corrected chi connectivity index (χ1v) is 7.24. The average molecular weight is 261 g/mol. The van der Waals surface area contributed by atoms with Crippen LogP contribution in [0.4, 0.5) is 0 Å². The minimum absolute atomic E-state index is 0.0775. The first-order valence-electron chi connectivity index (χ1n) is 6.20. The summed E-state index contributed by atoms with van der Waals surface area (Å²) in [5.41, 5.74) is 4.95. The normalized spacial score (nSPS) is 32.4. The molecule has 0 spiro atoms. The predicted molar refractivity (Wildman–Crippen MR) is 70.1 cm³/mol. The third kappa shape index (κ3) is 3.60. The molecule has 0 aliphatic heterocycles. The molecular weight excluding hydrogens is 238 g/mol. The van der Waals surface area contributed by atoms with E-state index >= 15 is 0 Å². The number of thioether (sulfide) groups is 1. The number of hydrogen-bond acceptors (Lipinski definition) is 4. The van der Waals surface area contributed by atoms with Crippen LogP contribution in [-0.2, 0) is 4.79 Å². The predicted octanol–water partition coefficient (Wildman–Crippen LogP) is 1.46. The number of carboxylic acid groups (broad SMARTS) is 1. The van der Waals surface area contributed by atoms with Gasteiger partial charge in [0.25, 0.3) is 0 Å². The summed E-state index contributed by atoms with van der Waals surface area (Å²) >= 11 is 1.69. The lowest BCUT2D eigenvalue weighted by atomic mass is 9.86. The van der Waals surface area contributed by atoms with Gasteiger partial charge in [0.15, 0.2) is 0 Å². The second kappa shape index (κ2) is 6.07. The molecule has 0 aromatic carbocycles. The van der Waals surface area contributed by atoms with Gasteiger partial charge < -0.3 is 15.9 Å². The molecule has 1 aliphatic carbocycles. The lowest BCUT2D eigenvalue weighted by Gasteiger charge is -2.27. The smallest absolute Gasteiger partial charge is 0.323 e. The van der Waals surface area contributed by atoms with Crippen molar-refractivity contribution in [2.24, 2.45) is 11.7 Å². The van der Waals surface area contributed by atoms with Crippen molar-refractivity contribution in [2.45, 2.75) is 56.4 Å². The van der Waals surface area contributed by atoms with Gasteiger partial charge in [0.1, 0.15) is 5.54 Å². The number of aliphatic hydroxyl groups excluding tert-OH is 1. The summed E-state index contributed by atoms with van der Waals surface area (Å²) < 4.78 is 0. The summed E-state index contributed by atoms with van der Waals surface area (Å²) in [5, 5.41) is 18.7. The van der Waals surface area contributed by atoms with Crippen molar-refractivity contribution in [3.8, 4) is 0 Å². The molecule has 1 fully saturated rings. The van der Waals surface area contributed by atoms with E-state index < -0.39 is 11.5 Å². The van der Waals surface area contributed by atoms with Crippen LogP contribution in [0.2, 0.25) is 0 Å². The number of carbonyl (C=O) groups is 1. The van der Waals surface area contributed by atoms with Crippen molar-refractivity contribution >= 4 is 17.7 Å². The minimum Gasteiger partial charge on any atom is -0.480 e. The third-order valence-electron chi connectivity index (χ3n) is 3.80. The van der Waals surface area contributed by atoms with Crippen LogP contribution in [-0.4, -0.2) is 38.8 Å². The van der Waals surface area contributed by atoms with E-state index in [0.717, 1.165) is 25.0 Å². The van der Waals surface area contributed by atoms with Crippen LogP contribution < -0.4 is 5.73 Å². The van der Waals surface area contributed by atoms with Crippen LogP contribution >= 0.6 is 11.8 Å². The Bertz CT molecular complexity index is 272. The van der Waals surface area contributed by atoms with Crippen molar-refractivity contribution in [1.82, 2.24) is 0 Å². The number of aliphatic hydroxyl groups is 1. The fraction of sp³-hybridized carbons (Fsp3) is 0.917. The first kappa shape index (κ1) is 14.8. The van der Waals surface area contributed by atoms with Gasteiger partial charge in [-0.3, -0.25) is 4.79 Å². The molecule has 4 atom stereocenters. The Balaban J connectivity index is 2.39. The van der Waals surface area contributed by atoms with Crippen LogP contribution in [0.15, 0.2) is 0 Å². The molecule has 0 aromatic rings. The first-order chi connectivity index (χ1) is 7.88. The van der Waals surface area contributed by atoms with Crippen molar-refractivity contribution in [2.75, 3.05) is 5.75 Å². The Labute approximate surface area is 107 Å². The summed E-state index contributed by atoms with van der Waals surface area (Å²) in [6.45, 7) is 3.76. The fourth-order valence-electron chi connectivity index (χ4n) is 2.32. The van der Waals surface area contributed by atoms with E-state index in [-0.39, 0.29) is 17.3 Å². The molecule has 0 amide bonds. The Morgan fingerprint density at radius 3 is 2.76 bits per heavy atom. The Hall–Kier alpha value is -0.260. The quantitative estimate of drug-likeness (QED) is 0.674. The van der Waals surface area contributed by atoms with E-state index in [9.17, 15) is 9.90 Å². The van der Waals surface area contributed by atoms with E-state index in [4.69, 9.17) is 10.8 Å². The molecule has 1 rings (SSSR count). The zero-order valence-corrected chi connectivity index (χ0v) is 11.4. The monoisotopic (exact) mass is 261 g/mol. The van der Waals surface area contributed by atoms with Crippen molar-refractivity contribution in [1.29, 1.82) is 0 Å². The lowest BCUT2D eigenvalue weighted by Crippen LogP contribution is -2.51. The topological polar surface area (TPSA) is 83.5 Å². The van der Waals surface area contributed by atoms with E-state index in [0.29, 0.717) is 6.42 Å². The number of hydrogen-bond donors (Lipinski definition) is 3. The second-order valence-corrected chi connectivity index (χ2v) is 6.53. The summed E-state index contributed by atoms with van der Waals surface area (Å²) in [6, 6.07) is 0. The van der Waals surface area contributed by atoms with Gasteiger partial charge in [-0.05, 0) is 37.9 Å². The highest BCUT2D eigenvalue weighted by Crippen LogP contribution is 2.37. The second-order valence-electron chi connectivity index (χ2n) is 5.04. The van der Waals surface area contributed by atoms with Crippen molar-refractivity contribution in [3.05, 3.63) is 0 Å². The van der Waals surface area contributed by atoms with Crippen molar-refractivity contribution < 1.29 is 15.0 Å². The number of rotatable bonds is 6. The summed E-state index contributed by atoms with van der Waals surface area (Å²) in [7, 11) is 0. The standard InChI is InChI=1S/C12H23NO3S/c1-8(14)9(2)17-7-5-10-4-3-6-12(10,13)11(15)16/h8-10,14H,3-7,13H2,1-2H3,(H,15,16). The molecule has 0 saturated heterocycles. The highest BCUT2D eigenvalue weighted by atomic mass is 32.2. The number of aliphatic carboxylic acids is 1. The van der Waals surface area contributed by atoms with Crippen LogP contribution in [0.1, 0.15) is 39.5 Å². The molecule has 0 bridgehead atoms. The van der Waals surface area contributed by atoms with Gasteiger partial charge in [-0.1, -0.05) is 13.3 Å². The molecule has 4 nitrogen and oxygen atoms in total. The van der Waals surface area contributed by atoms with Gasteiger partial charge in [-0.15, -0.1) is 0 Å². The average Bonchev–Trinajstić information content (AvgIpc) is 2.61.